The largest absolute Gasteiger partial charge is 0.316 e. The molecule has 1 N–H and O–H groups in total. The van der Waals surface area contributed by atoms with Crippen molar-refractivity contribution in [3.8, 4) is 0 Å². The molecule has 2 heteroatoms. The number of nitrogens with one attached hydrogen (secondary N) is 1. The molecule has 0 spiro atoms. The quantitative estimate of drug-likeness (QED) is 0.714. The molecule has 0 unspecified atom stereocenters. The fourth-order valence-electron chi connectivity index (χ4n) is 1.69. The molecule has 0 atom stereocenters. The Morgan fingerprint density at radius 1 is 1.31 bits per heavy atom. The van der Waals surface area contributed by atoms with Crippen LogP contribution in [-0.4, -0.2) is 18.9 Å². The van der Waals surface area contributed by atoms with Crippen molar-refractivity contribution in [3.63, 3.8) is 0 Å². The van der Waals surface area contributed by atoms with E-state index in [-0.39, 0.29) is 5.78 Å². The van der Waals surface area contributed by atoms with Crippen molar-refractivity contribution >= 4 is 5.78 Å². The number of aryl methyl sites for hydroxylation is 1. The maximum absolute atomic E-state index is 10.7. The molecular formula is C14H21NO. The lowest BCUT2D eigenvalue weighted by Gasteiger charge is -2.04. The molecule has 0 aliphatic carbocycles. The van der Waals surface area contributed by atoms with Crippen LogP contribution in [0.1, 0.15) is 30.9 Å². The highest BCUT2D eigenvalue weighted by molar-refractivity contribution is 5.75. The lowest BCUT2D eigenvalue weighted by atomic mass is 10.1. The fraction of sp³-hybridized carbons (Fsp3) is 0.500. The molecule has 0 aliphatic rings. The van der Waals surface area contributed by atoms with E-state index < -0.39 is 0 Å². The number of ketones is 1. The first-order valence-electron chi connectivity index (χ1n) is 5.94. The van der Waals surface area contributed by atoms with Gasteiger partial charge in [0.1, 0.15) is 5.78 Å². The zero-order valence-electron chi connectivity index (χ0n) is 10.3. The van der Waals surface area contributed by atoms with Crippen LogP contribution in [0.5, 0.6) is 0 Å². The van der Waals surface area contributed by atoms with Crippen LogP contribution >= 0.6 is 0 Å². The molecule has 0 radical (unpaired) electrons. The molecule has 0 aliphatic heterocycles. The third-order valence-corrected chi connectivity index (χ3v) is 2.56. The van der Waals surface area contributed by atoms with Gasteiger partial charge in [0, 0.05) is 6.42 Å². The van der Waals surface area contributed by atoms with Gasteiger partial charge in [-0.15, -0.1) is 0 Å². The minimum Gasteiger partial charge on any atom is -0.316 e. The maximum atomic E-state index is 10.7. The van der Waals surface area contributed by atoms with Crippen LogP contribution in [0, 0.1) is 6.92 Å². The van der Waals surface area contributed by atoms with Crippen LogP contribution in [-0.2, 0) is 11.2 Å². The average molecular weight is 219 g/mol. The van der Waals surface area contributed by atoms with Crippen LogP contribution in [0.15, 0.2) is 24.3 Å². The van der Waals surface area contributed by atoms with Gasteiger partial charge in [0.2, 0.25) is 0 Å². The SMILES string of the molecule is CC(=O)CCCNCCc1cccc(C)c1. The van der Waals surface area contributed by atoms with Gasteiger partial charge < -0.3 is 10.1 Å². The van der Waals surface area contributed by atoms with Crippen molar-refractivity contribution in [1.82, 2.24) is 5.32 Å². The molecule has 0 bridgehead atoms. The summed E-state index contributed by atoms with van der Waals surface area (Å²) < 4.78 is 0. The summed E-state index contributed by atoms with van der Waals surface area (Å²) in [6.45, 7) is 5.68. The summed E-state index contributed by atoms with van der Waals surface area (Å²) in [4.78, 5) is 10.7. The first-order chi connectivity index (χ1) is 7.68. The summed E-state index contributed by atoms with van der Waals surface area (Å²) in [6, 6.07) is 8.59. The van der Waals surface area contributed by atoms with Crippen molar-refractivity contribution < 1.29 is 4.79 Å². The number of carbonyl (C=O) groups is 1. The second-order valence-corrected chi connectivity index (χ2v) is 4.29. The van der Waals surface area contributed by atoms with Gasteiger partial charge in [-0.2, -0.15) is 0 Å². The Labute approximate surface area is 98.1 Å². The number of carbonyl (C=O) groups excluding carboxylic acids is 1. The molecular weight excluding hydrogens is 198 g/mol. The first-order valence-corrected chi connectivity index (χ1v) is 5.94. The highest BCUT2D eigenvalue weighted by Crippen LogP contribution is 2.03. The van der Waals surface area contributed by atoms with E-state index in [4.69, 9.17) is 0 Å². The monoisotopic (exact) mass is 219 g/mol. The van der Waals surface area contributed by atoms with Crippen LogP contribution in [0.2, 0.25) is 0 Å². The Morgan fingerprint density at radius 3 is 2.81 bits per heavy atom. The molecule has 0 fully saturated rings. The van der Waals surface area contributed by atoms with E-state index >= 15 is 0 Å². The van der Waals surface area contributed by atoms with Gasteiger partial charge in [0.05, 0.1) is 0 Å². The maximum Gasteiger partial charge on any atom is 0.129 e. The summed E-state index contributed by atoms with van der Waals surface area (Å²) in [5.74, 6) is 0.278. The van der Waals surface area contributed by atoms with E-state index in [9.17, 15) is 4.79 Å². The molecule has 0 saturated carbocycles. The molecule has 1 aromatic rings. The second-order valence-electron chi connectivity index (χ2n) is 4.29. The van der Waals surface area contributed by atoms with Gasteiger partial charge in [-0.1, -0.05) is 29.8 Å². The molecule has 1 rings (SSSR count). The Kier molecular flexibility index (Phi) is 5.79. The number of hydrogen-bond acceptors (Lipinski definition) is 2. The zero-order valence-corrected chi connectivity index (χ0v) is 10.3. The van der Waals surface area contributed by atoms with E-state index in [1.54, 1.807) is 6.92 Å². The summed E-state index contributed by atoms with van der Waals surface area (Å²) in [6.07, 6.45) is 2.70. The molecule has 1 aromatic carbocycles. The van der Waals surface area contributed by atoms with Gasteiger partial charge in [0.15, 0.2) is 0 Å². The number of benzene rings is 1. The molecule has 0 heterocycles. The Hall–Kier alpha value is -1.15. The van der Waals surface area contributed by atoms with Gasteiger partial charge in [-0.25, -0.2) is 0 Å². The van der Waals surface area contributed by atoms with E-state index in [1.807, 2.05) is 0 Å². The molecule has 88 valence electrons. The predicted octanol–water partition coefficient (Wildman–Crippen LogP) is 2.50. The lowest BCUT2D eigenvalue weighted by Crippen LogP contribution is -2.19. The van der Waals surface area contributed by atoms with Gasteiger partial charge in [0.25, 0.3) is 0 Å². The number of rotatable bonds is 7. The second kappa shape index (κ2) is 7.18. The van der Waals surface area contributed by atoms with E-state index in [1.165, 1.54) is 11.1 Å². The molecule has 16 heavy (non-hydrogen) atoms. The third kappa shape index (κ3) is 5.66. The summed E-state index contributed by atoms with van der Waals surface area (Å²) >= 11 is 0. The highest BCUT2D eigenvalue weighted by atomic mass is 16.1. The van der Waals surface area contributed by atoms with Crippen LogP contribution in [0.4, 0.5) is 0 Å². The minimum atomic E-state index is 0.278. The van der Waals surface area contributed by atoms with Gasteiger partial charge >= 0.3 is 0 Å². The van der Waals surface area contributed by atoms with Crippen molar-refractivity contribution in [2.24, 2.45) is 0 Å². The van der Waals surface area contributed by atoms with E-state index in [0.29, 0.717) is 6.42 Å². The smallest absolute Gasteiger partial charge is 0.129 e. The third-order valence-electron chi connectivity index (χ3n) is 2.56. The van der Waals surface area contributed by atoms with Crippen LogP contribution in [0.25, 0.3) is 0 Å². The Bertz CT molecular complexity index is 333. The number of hydrogen-bond donors (Lipinski definition) is 1. The van der Waals surface area contributed by atoms with E-state index in [2.05, 4.69) is 36.5 Å². The molecule has 0 amide bonds. The van der Waals surface area contributed by atoms with Crippen LogP contribution in [0.3, 0.4) is 0 Å². The molecule has 0 aromatic heterocycles. The molecule has 2 nitrogen and oxygen atoms in total. The van der Waals surface area contributed by atoms with Crippen molar-refractivity contribution in [2.75, 3.05) is 13.1 Å². The topological polar surface area (TPSA) is 29.1 Å². The first kappa shape index (κ1) is 12.9. The normalized spacial score (nSPS) is 10.4. The van der Waals surface area contributed by atoms with Crippen LogP contribution < -0.4 is 5.32 Å². The predicted molar refractivity (Wildman–Crippen MR) is 67.7 cm³/mol. The van der Waals surface area contributed by atoms with Crippen molar-refractivity contribution in [3.05, 3.63) is 35.4 Å². The standard InChI is InChI=1S/C14H21NO/c1-12-5-3-7-14(11-12)8-10-15-9-4-6-13(2)16/h3,5,7,11,15H,4,6,8-10H2,1-2H3. The highest BCUT2D eigenvalue weighted by Gasteiger charge is 1.95. The lowest BCUT2D eigenvalue weighted by molar-refractivity contribution is -0.117. The summed E-state index contributed by atoms with van der Waals surface area (Å²) in [5.41, 5.74) is 2.69. The molecule has 0 saturated heterocycles. The summed E-state index contributed by atoms with van der Waals surface area (Å²) in [7, 11) is 0. The number of Topliss-reactive ketones (excluding diaryl/α,β-unsaturated/α-hetero) is 1. The minimum absolute atomic E-state index is 0.278. The fourth-order valence-corrected chi connectivity index (χ4v) is 1.69. The Morgan fingerprint density at radius 2 is 2.12 bits per heavy atom. The van der Waals surface area contributed by atoms with Gasteiger partial charge in [-0.3, -0.25) is 0 Å². The van der Waals surface area contributed by atoms with E-state index in [0.717, 1.165) is 25.9 Å². The van der Waals surface area contributed by atoms with Crippen molar-refractivity contribution in [2.45, 2.75) is 33.1 Å². The summed E-state index contributed by atoms with van der Waals surface area (Å²) in [5, 5.41) is 3.36. The Balaban J connectivity index is 2.09. The van der Waals surface area contributed by atoms with Gasteiger partial charge in [-0.05, 0) is 45.3 Å². The zero-order chi connectivity index (χ0) is 11.8. The average Bonchev–Trinajstić information content (AvgIpc) is 2.23. The van der Waals surface area contributed by atoms with Crippen molar-refractivity contribution in [1.29, 1.82) is 0 Å².